The van der Waals surface area contributed by atoms with Crippen LogP contribution in [0.15, 0.2) is 54.6 Å². The van der Waals surface area contributed by atoms with Crippen LogP contribution >= 0.6 is 0 Å². The highest BCUT2D eigenvalue weighted by Gasteiger charge is 2.24. The standard InChI is InChI=1S/C24H26FN3O4/c25-19-7-6-17-12-16(4-5-18(17)13-19)14-28-9-8-20(15-28)26-24(31)27-23-21(30)2-1-3-22(23)32-11-10-29/h1-7,12-13,20,29-30H,8-11,14-15H2,(H2,26,27,31)/t20-/m1/s1. The molecule has 7 nitrogen and oxygen atoms in total. The predicted octanol–water partition coefficient (Wildman–Crippen LogP) is 3.45. The summed E-state index contributed by atoms with van der Waals surface area (Å²) in [6, 6.07) is 15.0. The lowest BCUT2D eigenvalue weighted by molar-refractivity contribution is 0.201. The van der Waals surface area contributed by atoms with E-state index >= 15 is 0 Å². The molecule has 3 aromatic carbocycles. The minimum absolute atomic E-state index is 0.0304. The van der Waals surface area contributed by atoms with Crippen LogP contribution in [0, 0.1) is 5.82 Å². The van der Waals surface area contributed by atoms with Crippen molar-refractivity contribution in [2.75, 3.05) is 31.6 Å². The number of benzene rings is 3. The summed E-state index contributed by atoms with van der Waals surface area (Å²) in [5.41, 5.74) is 1.30. The van der Waals surface area contributed by atoms with Gasteiger partial charge >= 0.3 is 6.03 Å². The highest BCUT2D eigenvalue weighted by atomic mass is 19.1. The molecule has 32 heavy (non-hydrogen) atoms. The van der Waals surface area contributed by atoms with E-state index in [1.54, 1.807) is 18.2 Å². The summed E-state index contributed by atoms with van der Waals surface area (Å²) in [7, 11) is 0. The molecule has 0 spiro atoms. The van der Waals surface area contributed by atoms with Crippen molar-refractivity contribution < 1.29 is 24.1 Å². The molecule has 0 aromatic heterocycles. The second-order valence-corrected chi connectivity index (χ2v) is 7.87. The Labute approximate surface area is 185 Å². The lowest BCUT2D eigenvalue weighted by Gasteiger charge is -2.18. The number of phenolic OH excluding ortho intramolecular Hbond substituents is 1. The molecule has 0 radical (unpaired) electrons. The number of carbonyl (C=O) groups excluding carboxylic acids is 1. The maximum absolute atomic E-state index is 13.4. The van der Waals surface area contributed by atoms with E-state index in [0.29, 0.717) is 12.3 Å². The highest BCUT2D eigenvalue weighted by Crippen LogP contribution is 2.33. The van der Waals surface area contributed by atoms with Crippen LogP contribution in [0.2, 0.25) is 0 Å². The summed E-state index contributed by atoms with van der Waals surface area (Å²) < 4.78 is 18.7. The number of nitrogens with zero attached hydrogens (tertiary/aromatic N) is 1. The van der Waals surface area contributed by atoms with Crippen LogP contribution in [0.25, 0.3) is 10.8 Å². The lowest BCUT2D eigenvalue weighted by atomic mass is 10.1. The minimum atomic E-state index is -0.431. The van der Waals surface area contributed by atoms with E-state index in [0.717, 1.165) is 35.8 Å². The van der Waals surface area contributed by atoms with Gasteiger partial charge in [-0.2, -0.15) is 0 Å². The largest absolute Gasteiger partial charge is 0.506 e. The highest BCUT2D eigenvalue weighted by molar-refractivity contribution is 5.93. The Kier molecular flexibility index (Phi) is 6.72. The molecule has 1 atom stereocenters. The van der Waals surface area contributed by atoms with Gasteiger partial charge in [0.1, 0.15) is 29.6 Å². The number of aromatic hydroxyl groups is 1. The number of para-hydroxylation sites is 1. The van der Waals surface area contributed by atoms with Crippen LogP contribution in [0.5, 0.6) is 11.5 Å². The normalized spacial score (nSPS) is 16.2. The molecule has 0 bridgehead atoms. The smallest absolute Gasteiger partial charge is 0.319 e. The summed E-state index contributed by atoms with van der Waals surface area (Å²) in [6.45, 7) is 2.16. The molecule has 0 unspecified atom stereocenters. The number of anilines is 1. The van der Waals surface area contributed by atoms with Gasteiger partial charge in [0.05, 0.1) is 6.61 Å². The molecule has 2 amide bonds. The van der Waals surface area contributed by atoms with Gasteiger partial charge in [-0.1, -0.05) is 24.3 Å². The first-order chi connectivity index (χ1) is 15.5. The zero-order chi connectivity index (χ0) is 22.5. The maximum Gasteiger partial charge on any atom is 0.319 e. The number of amides is 2. The fraction of sp³-hybridized carbons (Fsp3) is 0.292. The van der Waals surface area contributed by atoms with E-state index in [1.165, 1.54) is 18.2 Å². The third-order valence-electron chi connectivity index (χ3n) is 5.47. The number of rotatable bonds is 7. The molecule has 0 aliphatic carbocycles. The minimum Gasteiger partial charge on any atom is -0.506 e. The van der Waals surface area contributed by atoms with Crippen molar-refractivity contribution in [3.8, 4) is 11.5 Å². The molecule has 1 aliphatic rings. The van der Waals surface area contributed by atoms with Crippen LogP contribution in [-0.2, 0) is 6.54 Å². The van der Waals surface area contributed by atoms with Gasteiger partial charge in [0.25, 0.3) is 0 Å². The van der Waals surface area contributed by atoms with Crippen molar-refractivity contribution in [3.05, 3.63) is 66.0 Å². The zero-order valence-electron chi connectivity index (χ0n) is 17.6. The summed E-state index contributed by atoms with van der Waals surface area (Å²) in [5.74, 6) is -0.0638. The molecule has 1 saturated heterocycles. The average molecular weight is 439 g/mol. The summed E-state index contributed by atoms with van der Waals surface area (Å²) >= 11 is 0. The van der Waals surface area contributed by atoms with Crippen molar-refractivity contribution >= 4 is 22.5 Å². The average Bonchev–Trinajstić information content (AvgIpc) is 3.20. The zero-order valence-corrected chi connectivity index (χ0v) is 17.6. The van der Waals surface area contributed by atoms with Gasteiger partial charge in [-0.3, -0.25) is 4.90 Å². The summed E-state index contributed by atoms with van der Waals surface area (Å²) in [6.07, 6.45) is 0.806. The number of phenols is 1. The number of likely N-dealkylation sites (tertiary alicyclic amines) is 1. The van der Waals surface area contributed by atoms with E-state index in [1.807, 2.05) is 12.1 Å². The first-order valence-corrected chi connectivity index (χ1v) is 10.6. The van der Waals surface area contributed by atoms with Crippen LogP contribution in [0.3, 0.4) is 0 Å². The van der Waals surface area contributed by atoms with Crippen molar-refractivity contribution in [1.29, 1.82) is 0 Å². The number of nitrogens with one attached hydrogen (secondary N) is 2. The number of halogens is 1. The molecule has 3 aromatic rings. The van der Waals surface area contributed by atoms with Crippen LogP contribution in [0.4, 0.5) is 14.9 Å². The van der Waals surface area contributed by atoms with Crippen LogP contribution in [-0.4, -0.2) is 53.5 Å². The fourth-order valence-electron chi connectivity index (χ4n) is 3.97. The molecule has 168 valence electrons. The Hall–Kier alpha value is -3.36. The van der Waals surface area contributed by atoms with Crippen molar-refractivity contribution in [2.45, 2.75) is 19.0 Å². The number of ether oxygens (including phenoxy) is 1. The van der Waals surface area contributed by atoms with Crippen molar-refractivity contribution in [3.63, 3.8) is 0 Å². The Morgan fingerprint density at radius 2 is 1.97 bits per heavy atom. The van der Waals surface area contributed by atoms with Crippen LogP contribution < -0.4 is 15.4 Å². The summed E-state index contributed by atoms with van der Waals surface area (Å²) in [4.78, 5) is 14.8. The third-order valence-corrected chi connectivity index (χ3v) is 5.47. The number of hydrogen-bond donors (Lipinski definition) is 4. The quantitative estimate of drug-likeness (QED) is 0.423. The van der Waals surface area contributed by atoms with Crippen LogP contribution in [0.1, 0.15) is 12.0 Å². The predicted molar refractivity (Wildman–Crippen MR) is 120 cm³/mol. The fourth-order valence-corrected chi connectivity index (χ4v) is 3.97. The van der Waals surface area contributed by atoms with E-state index in [-0.39, 0.29) is 36.5 Å². The Balaban J connectivity index is 1.32. The number of aliphatic hydroxyl groups excluding tert-OH is 1. The topological polar surface area (TPSA) is 94.1 Å². The molecular weight excluding hydrogens is 413 g/mol. The molecule has 8 heteroatoms. The second-order valence-electron chi connectivity index (χ2n) is 7.87. The van der Waals surface area contributed by atoms with E-state index in [2.05, 4.69) is 21.6 Å². The monoisotopic (exact) mass is 439 g/mol. The van der Waals surface area contributed by atoms with E-state index < -0.39 is 6.03 Å². The molecule has 1 aliphatic heterocycles. The van der Waals surface area contributed by atoms with E-state index in [4.69, 9.17) is 9.84 Å². The first-order valence-electron chi connectivity index (χ1n) is 10.6. The molecule has 4 N–H and O–H groups in total. The van der Waals surface area contributed by atoms with Gasteiger partial charge in [0.2, 0.25) is 0 Å². The van der Waals surface area contributed by atoms with Gasteiger partial charge < -0.3 is 25.6 Å². The molecule has 1 fully saturated rings. The SMILES string of the molecule is O=C(Nc1c(O)cccc1OCCO)N[C@@H]1CCN(Cc2ccc3cc(F)ccc3c2)C1. The van der Waals surface area contributed by atoms with Crippen molar-refractivity contribution in [2.24, 2.45) is 0 Å². The van der Waals surface area contributed by atoms with Gasteiger partial charge in [-0.25, -0.2) is 9.18 Å². The molecule has 4 rings (SSSR count). The molecule has 1 heterocycles. The summed E-state index contributed by atoms with van der Waals surface area (Å²) in [5, 5.41) is 26.5. The molecule has 0 saturated carbocycles. The van der Waals surface area contributed by atoms with Gasteiger partial charge in [0.15, 0.2) is 0 Å². The van der Waals surface area contributed by atoms with Gasteiger partial charge in [0, 0.05) is 25.7 Å². The number of fused-ring (bicyclic) bond motifs is 1. The van der Waals surface area contributed by atoms with Crippen molar-refractivity contribution in [1.82, 2.24) is 10.2 Å². The Bertz CT molecular complexity index is 1110. The van der Waals surface area contributed by atoms with E-state index in [9.17, 15) is 14.3 Å². The number of aliphatic hydroxyl groups is 1. The first kappa shape index (κ1) is 21.9. The Morgan fingerprint density at radius 3 is 2.81 bits per heavy atom. The lowest BCUT2D eigenvalue weighted by Crippen LogP contribution is -2.39. The third kappa shape index (κ3) is 5.27. The number of carbonyl (C=O) groups is 1. The Morgan fingerprint density at radius 1 is 1.16 bits per heavy atom. The maximum atomic E-state index is 13.4. The number of urea groups is 1. The number of hydrogen-bond acceptors (Lipinski definition) is 5. The van der Waals surface area contributed by atoms with Gasteiger partial charge in [-0.15, -0.1) is 0 Å². The molecular formula is C24H26FN3O4. The van der Waals surface area contributed by atoms with Gasteiger partial charge in [-0.05, 0) is 53.1 Å². The second kappa shape index (κ2) is 9.84.